The quantitative estimate of drug-likeness (QED) is 0.778. The number of aromatic hydroxyl groups is 1. The molecule has 3 N–H and O–H groups in total. The monoisotopic (exact) mass is 349 g/mol. The zero-order chi connectivity index (χ0) is 14.8. The van der Waals surface area contributed by atoms with Crippen LogP contribution in [0.4, 0.5) is 0 Å². The van der Waals surface area contributed by atoms with Crippen LogP contribution in [0.1, 0.15) is 31.1 Å². The lowest BCUT2D eigenvalue weighted by atomic mass is 10.0. The number of hydrogen-bond acceptors (Lipinski definition) is 4. The molecule has 1 aliphatic heterocycles. The molecule has 0 spiro atoms. The molecular weight excluding hydrogens is 334 g/mol. The van der Waals surface area contributed by atoms with E-state index < -0.39 is 0 Å². The number of aromatic nitrogens is 2. The number of nitrogens with one attached hydrogen (secondary N) is 2. The molecule has 1 aromatic heterocycles. The van der Waals surface area contributed by atoms with Gasteiger partial charge in [0.1, 0.15) is 11.4 Å². The van der Waals surface area contributed by atoms with Crippen LogP contribution >= 0.6 is 15.9 Å². The van der Waals surface area contributed by atoms with Gasteiger partial charge in [0.05, 0.1) is 6.04 Å². The van der Waals surface area contributed by atoms with Crippen LogP contribution in [0, 0.1) is 0 Å². The zero-order valence-electron chi connectivity index (χ0n) is 11.4. The van der Waals surface area contributed by atoms with Gasteiger partial charge < -0.3 is 15.4 Å². The molecule has 0 amide bonds. The average molecular weight is 350 g/mol. The highest BCUT2D eigenvalue weighted by Gasteiger charge is 2.20. The van der Waals surface area contributed by atoms with E-state index >= 15 is 0 Å². The van der Waals surface area contributed by atoms with Crippen LogP contribution in [-0.2, 0) is 0 Å². The summed E-state index contributed by atoms with van der Waals surface area (Å²) in [5.41, 5.74) is 0.543. The van der Waals surface area contributed by atoms with Gasteiger partial charge in [-0.05, 0) is 37.1 Å². The van der Waals surface area contributed by atoms with E-state index in [1.807, 2.05) is 12.1 Å². The number of H-pyrrole nitrogens is 1. The van der Waals surface area contributed by atoms with Gasteiger partial charge in [-0.15, -0.1) is 0 Å². The van der Waals surface area contributed by atoms with E-state index in [-0.39, 0.29) is 23.0 Å². The second kappa shape index (κ2) is 5.99. The summed E-state index contributed by atoms with van der Waals surface area (Å²) in [6, 6.07) is 7.20. The van der Waals surface area contributed by atoms with Crippen LogP contribution in [0.3, 0.4) is 0 Å². The Morgan fingerprint density at radius 1 is 1.24 bits per heavy atom. The van der Waals surface area contributed by atoms with E-state index in [0.717, 1.165) is 30.3 Å². The summed E-state index contributed by atoms with van der Waals surface area (Å²) in [5.74, 6) is 0.293. The summed E-state index contributed by atoms with van der Waals surface area (Å²) in [7, 11) is 0. The lowest BCUT2D eigenvalue weighted by molar-refractivity contribution is 0.385. The minimum atomic E-state index is -0.313. The zero-order valence-corrected chi connectivity index (χ0v) is 13.0. The third-order valence-corrected chi connectivity index (χ3v) is 4.22. The van der Waals surface area contributed by atoms with Gasteiger partial charge in [-0.1, -0.05) is 34.5 Å². The number of rotatable bonds is 2. The first kappa shape index (κ1) is 14.3. The van der Waals surface area contributed by atoms with E-state index in [2.05, 4.69) is 31.2 Å². The van der Waals surface area contributed by atoms with Crippen molar-refractivity contribution in [3.63, 3.8) is 0 Å². The summed E-state index contributed by atoms with van der Waals surface area (Å²) in [6.07, 6.45) is 3.14. The summed E-state index contributed by atoms with van der Waals surface area (Å²) in [6.45, 7) is 0.906. The Hall–Kier alpha value is -1.66. The van der Waals surface area contributed by atoms with Crippen LogP contribution in [0.5, 0.6) is 5.88 Å². The molecule has 1 aromatic carbocycles. The van der Waals surface area contributed by atoms with Gasteiger partial charge in [0.15, 0.2) is 0 Å². The summed E-state index contributed by atoms with van der Waals surface area (Å²) in [4.78, 5) is 19.3. The van der Waals surface area contributed by atoms with E-state index in [4.69, 9.17) is 0 Å². The van der Waals surface area contributed by atoms with Crippen molar-refractivity contribution in [1.82, 2.24) is 15.3 Å². The molecule has 1 aliphatic rings. The maximum absolute atomic E-state index is 12.3. The molecule has 6 heteroatoms. The third kappa shape index (κ3) is 3.01. The number of piperidine rings is 1. The van der Waals surface area contributed by atoms with E-state index in [0.29, 0.717) is 11.4 Å². The number of aromatic amines is 1. The van der Waals surface area contributed by atoms with Crippen LogP contribution in [0.2, 0.25) is 0 Å². The van der Waals surface area contributed by atoms with Crippen molar-refractivity contribution < 1.29 is 5.11 Å². The average Bonchev–Trinajstić information content (AvgIpc) is 2.49. The molecule has 0 radical (unpaired) electrons. The van der Waals surface area contributed by atoms with Crippen molar-refractivity contribution in [2.75, 3.05) is 6.54 Å². The maximum atomic E-state index is 12.3. The minimum absolute atomic E-state index is 0.0105. The smallest absolute Gasteiger partial charge is 0.262 e. The standard InChI is InChI=1S/C15H16BrN3O2/c16-10-6-4-9(5-7-10)12-14(20)18-13(19-15(12)21)11-3-1-2-8-17-11/h4-7,11,17H,1-3,8H2,(H2,18,19,20,21). The van der Waals surface area contributed by atoms with Crippen molar-refractivity contribution in [2.45, 2.75) is 25.3 Å². The SMILES string of the molecule is O=c1[nH]c(C2CCCCN2)nc(O)c1-c1ccc(Br)cc1. The molecule has 0 aliphatic carbocycles. The predicted octanol–water partition coefficient (Wildman–Crippen LogP) is 2.72. The molecule has 3 rings (SSSR count). The van der Waals surface area contributed by atoms with Gasteiger partial charge in [0, 0.05) is 4.47 Å². The normalized spacial score (nSPS) is 18.6. The molecule has 110 valence electrons. The summed E-state index contributed by atoms with van der Waals surface area (Å²) in [5, 5.41) is 13.5. The Kier molecular flexibility index (Phi) is 4.07. The molecule has 2 heterocycles. The highest BCUT2D eigenvalue weighted by atomic mass is 79.9. The lowest BCUT2D eigenvalue weighted by Crippen LogP contribution is -2.30. The molecule has 1 atom stereocenters. The minimum Gasteiger partial charge on any atom is -0.493 e. The van der Waals surface area contributed by atoms with Crippen LogP contribution in [0.25, 0.3) is 11.1 Å². The van der Waals surface area contributed by atoms with Gasteiger partial charge in [0.2, 0.25) is 5.88 Å². The first-order valence-electron chi connectivity index (χ1n) is 6.97. The maximum Gasteiger partial charge on any atom is 0.262 e. The van der Waals surface area contributed by atoms with Gasteiger partial charge in [-0.3, -0.25) is 4.79 Å². The Morgan fingerprint density at radius 3 is 2.62 bits per heavy atom. The van der Waals surface area contributed by atoms with Crippen molar-refractivity contribution in [3.8, 4) is 17.0 Å². The van der Waals surface area contributed by atoms with Gasteiger partial charge in [-0.2, -0.15) is 4.98 Å². The van der Waals surface area contributed by atoms with E-state index in [1.165, 1.54) is 0 Å². The number of nitrogens with zero attached hydrogens (tertiary/aromatic N) is 1. The third-order valence-electron chi connectivity index (χ3n) is 3.69. The Bertz CT molecular complexity index is 691. The van der Waals surface area contributed by atoms with Crippen molar-refractivity contribution in [1.29, 1.82) is 0 Å². The largest absolute Gasteiger partial charge is 0.493 e. The second-order valence-electron chi connectivity index (χ2n) is 5.16. The van der Waals surface area contributed by atoms with Gasteiger partial charge in [-0.25, -0.2) is 0 Å². The second-order valence-corrected chi connectivity index (χ2v) is 6.07. The van der Waals surface area contributed by atoms with Gasteiger partial charge in [0.25, 0.3) is 5.56 Å². The van der Waals surface area contributed by atoms with Crippen LogP contribution in [-0.4, -0.2) is 21.6 Å². The lowest BCUT2D eigenvalue weighted by Gasteiger charge is -2.22. The fraction of sp³-hybridized carbons (Fsp3) is 0.333. The van der Waals surface area contributed by atoms with Crippen LogP contribution in [0.15, 0.2) is 33.5 Å². The Labute approximate surface area is 130 Å². The Morgan fingerprint density at radius 2 is 2.00 bits per heavy atom. The van der Waals surface area contributed by atoms with E-state index in [9.17, 15) is 9.90 Å². The number of hydrogen-bond donors (Lipinski definition) is 3. The summed E-state index contributed by atoms with van der Waals surface area (Å²) >= 11 is 3.35. The fourth-order valence-corrected chi connectivity index (χ4v) is 2.87. The predicted molar refractivity (Wildman–Crippen MR) is 84.3 cm³/mol. The summed E-state index contributed by atoms with van der Waals surface area (Å²) < 4.78 is 0.915. The molecule has 0 bridgehead atoms. The van der Waals surface area contributed by atoms with Crippen molar-refractivity contribution >= 4 is 15.9 Å². The van der Waals surface area contributed by atoms with Crippen LogP contribution < -0.4 is 10.9 Å². The number of benzene rings is 1. The molecule has 1 fully saturated rings. The van der Waals surface area contributed by atoms with Gasteiger partial charge >= 0.3 is 0 Å². The molecule has 5 nitrogen and oxygen atoms in total. The molecule has 2 aromatic rings. The Balaban J connectivity index is 2.00. The topological polar surface area (TPSA) is 78.0 Å². The molecule has 0 saturated carbocycles. The van der Waals surface area contributed by atoms with E-state index in [1.54, 1.807) is 12.1 Å². The molecule has 1 unspecified atom stereocenters. The highest BCUT2D eigenvalue weighted by molar-refractivity contribution is 9.10. The molecule has 21 heavy (non-hydrogen) atoms. The number of halogens is 1. The molecule has 1 saturated heterocycles. The highest BCUT2D eigenvalue weighted by Crippen LogP contribution is 2.27. The first-order valence-corrected chi connectivity index (χ1v) is 7.77. The van der Waals surface area contributed by atoms with Crippen molar-refractivity contribution in [2.24, 2.45) is 0 Å². The fourth-order valence-electron chi connectivity index (χ4n) is 2.61. The molecular formula is C15H16BrN3O2. The first-order chi connectivity index (χ1) is 10.1. The van der Waals surface area contributed by atoms with Crippen molar-refractivity contribution in [3.05, 3.63) is 44.9 Å².